The van der Waals surface area contributed by atoms with Crippen molar-refractivity contribution in [2.45, 2.75) is 57.3 Å². The summed E-state index contributed by atoms with van der Waals surface area (Å²) in [6, 6.07) is 3.41. The molecule has 0 amide bonds. The Kier molecular flexibility index (Phi) is 4.31. The molecule has 1 aromatic carbocycles. The van der Waals surface area contributed by atoms with E-state index in [1.54, 1.807) is 6.07 Å². The second-order valence-corrected chi connectivity index (χ2v) is 8.37. The third kappa shape index (κ3) is 2.73. The van der Waals surface area contributed by atoms with Gasteiger partial charge in [0.2, 0.25) is 0 Å². The highest BCUT2D eigenvalue weighted by Gasteiger charge is 2.58. The molecule has 0 spiro atoms. The maximum absolute atomic E-state index is 14.6. The SMILES string of the molecule is CCC1Cc2c(F)cc(C(=O)OC)cc2CN1CC12CB(C#N)C(C1)C2. The van der Waals surface area contributed by atoms with Crippen LogP contribution in [0.3, 0.4) is 0 Å². The fourth-order valence-electron chi connectivity index (χ4n) is 5.51. The van der Waals surface area contributed by atoms with Crippen molar-refractivity contribution < 1.29 is 13.9 Å². The molecule has 2 bridgehead atoms. The number of carbonyl (C=O) groups excluding carboxylic acids is 1. The van der Waals surface area contributed by atoms with Gasteiger partial charge in [0.05, 0.1) is 12.7 Å². The summed E-state index contributed by atoms with van der Waals surface area (Å²) < 4.78 is 19.3. The van der Waals surface area contributed by atoms with Crippen LogP contribution < -0.4 is 0 Å². The van der Waals surface area contributed by atoms with E-state index in [0.717, 1.165) is 43.3 Å². The number of esters is 1. The first kappa shape index (κ1) is 17.5. The molecule has 0 N–H and O–H groups in total. The number of ether oxygens (including phenoxy) is 1. The Morgan fingerprint density at radius 3 is 2.88 bits per heavy atom. The Morgan fingerprint density at radius 2 is 2.27 bits per heavy atom. The molecule has 4 aliphatic rings. The van der Waals surface area contributed by atoms with Crippen LogP contribution in [0.15, 0.2) is 12.1 Å². The number of nitrogens with zero attached hydrogens (tertiary/aromatic N) is 2. The molecule has 3 heterocycles. The van der Waals surface area contributed by atoms with Gasteiger partial charge < -0.3 is 4.74 Å². The Bertz CT molecular complexity index is 785. The first-order valence-electron chi connectivity index (χ1n) is 9.52. The van der Waals surface area contributed by atoms with E-state index in [-0.39, 0.29) is 23.5 Å². The van der Waals surface area contributed by atoms with E-state index in [1.165, 1.54) is 13.2 Å². The summed E-state index contributed by atoms with van der Waals surface area (Å²) in [6.45, 7) is 4.01. The summed E-state index contributed by atoms with van der Waals surface area (Å²) in [6.07, 6.45) is 4.97. The Balaban J connectivity index is 1.58. The van der Waals surface area contributed by atoms with Crippen LogP contribution in [0.2, 0.25) is 12.1 Å². The van der Waals surface area contributed by atoms with Crippen molar-refractivity contribution >= 4 is 12.7 Å². The molecule has 5 rings (SSSR count). The normalized spacial score (nSPS) is 29.7. The zero-order valence-electron chi connectivity index (χ0n) is 15.4. The van der Waals surface area contributed by atoms with Gasteiger partial charge in [0.25, 0.3) is 6.71 Å². The van der Waals surface area contributed by atoms with Crippen LogP contribution in [0, 0.1) is 22.5 Å². The van der Waals surface area contributed by atoms with Gasteiger partial charge >= 0.3 is 5.97 Å². The van der Waals surface area contributed by atoms with Crippen LogP contribution in [-0.2, 0) is 17.7 Å². The summed E-state index contributed by atoms with van der Waals surface area (Å²) in [4.78, 5) is 14.3. The second-order valence-electron chi connectivity index (χ2n) is 8.37. The van der Waals surface area contributed by atoms with E-state index >= 15 is 0 Å². The fourth-order valence-corrected chi connectivity index (χ4v) is 5.51. The second kappa shape index (κ2) is 6.38. The highest BCUT2D eigenvalue weighted by atomic mass is 19.1. The van der Waals surface area contributed by atoms with Crippen molar-refractivity contribution in [2.75, 3.05) is 13.7 Å². The monoisotopic (exact) mass is 354 g/mol. The van der Waals surface area contributed by atoms with Gasteiger partial charge in [0, 0.05) is 25.1 Å². The largest absolute Gasteiger partial charge is 0.465 e. The van der Waals surface area contributed by atoms with Gasteiger partial charge in [-0.05, 0) is 60.2 Å². The molecule has 1 atom stereocenters. The highest BCUT2D eigenvalue weighted by Crippen LogP contribution is 2.63. The summed E-state index contributed by atoms with van der Waals surface area (Å²) in [5, 5.41) is 9.30. The third-order valence-electron chi connectivity index (χ3n) is 6.83. The number of nitriles is 1. The van der Waals surface area contributed by atoms with Crippen molar-refractivity contribution in [2.24, 2.45) is 5.41 Å². The van der Waals surface area contributed by atoms with Crippen LogP contribution in [0.5, 0.6) is 0 Å². The van der Waals surface area contributed by atoms with Crippen LogP contribution in [0.4, 0.5) is 4.39 Å². The first-order chi connectivity index (χ1) is 12.5. The maximum Gasteiger partial charge on any atom is 0.337 e. The van der Waals surface area contributed by atoms with E-state index in [4.69, 9.17) is 4.74 Å². The lowest BCUT2D eigenvalue weighted by Crippen LogP contribution is -2.47. The molecule has 1 unspecified atom stereocenters. The number of benzene rings is 1. The lowest BCUT2D eigenvalue weighted by atomic mass is 9.45. The van der Waals surface area contributed by atoms with E-state index < -0.39 is 5.97 Å². The highest BCUT2D eigenvalue weighted by molar-refractivity contribution is 6.70. The maximum atomic E-state index is 14.6. The van der Waals surface area contributed by atoms with E-state index in [2.05, 4.69) is 17.8 Å². The quantitative estimate of drug-likeness (QED) is 0.614. The fraction of sp³-hybridized carbons (Fsp3) is 0.600. The lowest BCUT2D eigenvalue weighted by molar-refractivity contribution is 0.0585. The van der Waals surface area contributed by atoms with Gasteiger partial charge in [-0.1, -0.05) is 13.2 Å². The van der Waals surface area contributed by atoms with Crippen molar-refractivity contribution in [3.05, 3.63) is 34.6 Å². The molecule has 3 aliphatic heterocycles. The smallest absolute Gasteiger partial charge is 0.337 e. The van der Waals surface area contributed by atoms with Crippen molar-refractivity contribution in [3.63, 3.8) is 0 Å². The molecular weight excluding hydrogens is 330 g/mol. The molecule has 2 saturated heterocycles. The zero-order valence-corrected chi connectivity index (χ0v) is 15.4. The minimum absolute atomic E-state index is 0.218. The van der Waals surface area contributed by atoms with Crippen molar-refractivity contribution in [3.8, 4) is 5.97 Å². The number of carbonyl (C=O) groups is 1. The molecule has 6 heteroatoms. The number of hydrogen-bond donors (Lipinski definition) is 0. The van der Waals surface area contributed by atoms with Gasteiger partial charge in [-0.3, -0.25) is 4.90 Å². The van der Waals surface area contributed by atoms with Gasteiger partial charge in [0.15, 0.2) is 0 Å². The average molecular weight is 354 g/mol. The van der Waals surface area contributed by atoms with Crippen LogP contribution >= 0.6 is 0 Å². The summed E-state index contributed by atoms with van der Waals surface area (Å²) >= 11 is 0. The molecule has 3 fully saturated rings. The van der Waals surface area contributed by atoms with Gasteiger partial charge in [-0.2, -0.15) is 0 Å². The topological polar surface area (TPSA) is 53.3 Å². The molecule has 1 aromatic rings. The van der Waals surface area contributed by atoms with E-state index in [9.17, 15) is 14.4 Å². The summed E-state index contributed by atoms with van der Waals surface area (Å²) in [5.74, 6) is 2.26. The molecule has 0 aromatic heterocycles. The number of rotatable bonds is 4. The number of fused-ring (bicyclic) bond motifs is 2. The van der Waals surface area contributed by atoms with Gasteiger partial charge in [-0.15, -0.1) is 0 Å². The van der Waals surface area contributed by atoms with Crippen LogP contribution in [0.25, 0.3) is 0 Å². The van der Waals surface area contributed by atoms with E-state index in [0.29, 0.717) is 24.8 Å². The minimum Gasteiger partial charge on any atom is -0.465 e. The average Bonchev–Trinajstić information content (AvgIpc) is 3.14. The standard InChI is InChI=1S/C20H24BFN2O2/c1-3-16-6-17-14(4-13(5-18(17)22)19(25)26-2)9-24(16)11-20-7-15(8-20)21(10-20)12-23/h4-5,15-16H,3,6-11H2,1-2H3. The first-order valence-corrected chi connectivity index (χ1v) is 9.52. The lowest BCUT2D eigenvalue weighted by Gasteiger charge is -2.46. The minimum atomic E-state index is -0.496. The van der Waals surface area contributed by atoms with Gasteiger partial charge in [-0.25, -0.2) is 14.4 Å². The molecule has 0 radical (unpaired) electrons. The molecule has 1 saturated carbocycles. The Morgan fingerprint density at radius 1 is 1.50 bits per heavy atom. The van der Waals surface area contributed by atoms with Crippen molar-refractivity contribution in [1.29, 1.82) is 5.26 Å². The number of methoxy groups -OCH3 is 1. The molecule has 4 nitrogen and oxygen atoms in total. The van der Waals surface area contributed by atoms with Crippen molar-refractivity contribution in [1.82, 2.24) is 4.90 Å². The number of halogens is 1. The summed E-state index contributed by atoms with van der Waals surface area (Å²) in [5.41, 5.74) is 2.20. The summed E-state index contributed by atoms with van der Waals surface area (Å²) in [7, 11) is 1.32. The predicted molar refractivity (Wildman–Crippen MR) is 97.5 cm³/mol. The third-order valence-corrected chi connectivity index (χ3v) is 6.83. The zero-order chi connectivity index (χ0) is 18.5. The molecule has 26 heavy (non-hydrogen) atoms. The molecular formula is C20H24BFN2O2. The van der Waals surface area contributed by atoms with Gasteiger partial charge in [0.1, 0.15) is 5.82 Å². The predicted octanol–water partition coefficient (Wildman–Crippen LogP) is 3.47. The molecule has 1 aliphatic carbocycles. The van der Waals surface area contributed by atoms with E-state index in [1.807, 2.05) is 0 Å². The molecule has 136 valence electrons. The van der Waals surface area contributed by atoms with Crippen LogP contribution in [-0.4, -0.2) is 37.3 Å². The Labute approximate surface area is 154 Å². The Hall–Kier alpha value is -1.87. The number of hydrogen-bond acceptors (Lipinski definition) is 4. The van der Waals surface area contributed by atoms with Crippen LogP contribution in [0.1, 0.15) is 47.7 Å².